The van der Waals surface area contributed by atoms with Gasteiger partial charge in [0.1, 0.15) is 6.04 Å². The molecule has 0 aromatic heterocycles. The molecule has 1 heterocycles. The van der Waals surface area contributed by atoms with Crippen LogP contribution in [0.2, 0.25) is 0 Å². The van der Waals surface area contributed by atoms with Crippen LogP contribution >= 0.6 is 11.8 Å². The van der Waals surface area contributed by atoms with Gasteiger partial charge in [0.15, 0.2) is 0 Å². The third-order valence-electron chi connectivity index (χ3n) is 3.36. The van der Waals surface area contributed by atoms with Crippen LogP contribution in [0.5, 0.6) is 0 Å². The Kier molecular flexibility index (Phi) is 4.89. The van der Waals surface area contributed by atoms with Gasteiger partial charge in [0, 0.05) is 12.3 Å². The molecular formula is C14H18N2O3S. The van der Waals surface area contributed by atoms with Crippen LogP contribution in [0.4, 0.5) is 4.79 Å². The predicted octanol–water partition coefficient (Wildman–Crippen LogP) is 1.71. The summed E-state index contributed by atoms with van der Waals surface area (Å²) >= 11 is 1.46. The van der Waals surface area contributed by atoms with E-state index in [1.54, 1.807) is 0 Å². The molecule has 0 saturated carbocycles. The molecule has 1 unspecified atom stereocenters. The van der Waals surface area contributed by atoms with E-state index < -0.39 is 12.0 Å². The number of benzene rings is 1. The monoisotopic (exact) mass is 294 g/mol. The zero-order valence-electron chi connectivity index (χ0n) is 11.3. The molecule has 1 atom stereocenters. The van der Waals surface area contributed by atoms with Gasteiger partial charge in [0.05, 0.1) is 5.88 Å². The zero-order valence-corrected chi connectivity index (χ0v) is 12.2. The van der Waals surface area contributed by atoms with E-state index in [9.17, 15) is 9.59 Å². The largest absolute Gasteiger partial charge is 0.480 e. The van der Waals surface area contributed by atoms with Gasteiger partial charge in [-0.1, -0.05) is 24.3 Å². The van der Waals surface area contributed by atoms with Crippen LogP contribution in [-0.4, -0.2) is 46.2 Å². The standard InChI is InChI=1S/C14H18N2O3S/c1-10-4-2-3-5-11(10)6-7-15-14(19)16-9-20-8-12(16)13(17)18/h2-5,12H,6-9H2,1H3,(H,15,19)(H,17,18). The third kappa shape index (κ3) is 3.45. The third-order valence-corrected chi connectivity index (χ3v) is 4.37. The molecule has 1 saturated heterocycles. The van der Waals surface area contributed by atoms with E-state index in [1.165, 1.54) is 27.8 Å². The Morgan fingerprint density at radius 1 is 1.45 bits per heavy atom. The second-order valence-corrected chi connectivity index (χ2v) is 5.73. The molecule has 0 aliphatic carbocycles. The lowest BCUT2D eigenvalue weighted by atomic mass is 10.1. The molecular weight excluding hydrogens is 276 g/mol. The summed E-state index contributed by atoms with van der Waals surface area (Å²) in [4.78, 5) is 24.4. The highest BCUT2D eigenvalue weighted by Gasteiger charge is 2.34. The fourth-order valence-electron chi connectivity index (χ4n) is 2.14. The Hall–Kier alpha value is -1.69. The number of aliphatic carboxylic acids is 1. The number of urea groups is 1. The van der Waals surface area contributed by atoms with Crippen molar-refractivity contribution in [3.8, 4) is 0 Å². The SMILES string of the molecule is Cc1ccccc1CCNC(=O)N1CSCC1C(=O)O. The van der Waals surface area contributed by atoms with Crippen LogP contribution in [0, 0.1) is 6.92 Å². The minimum Gasteiger partial charge on any atom is -0.480 e. The van der Waals surface area contributed by atoms with E-state index in [1.807, 2.05) is 31.2 Å². The van der Waals surface area contributed by atoms with Gasteiger partial charge in [-0.15, -0.1) is 11.8 Å². The van der Waals surface area contributed by atoms with Gasteiger partial charge in [0.2, 0.25) is 0 Å². The summed E-state index contributed by atoms with van der Waals surface area (Å²) in [6, 6.07) is 7.02. The quantitative estimate of drug-likeness (QED) is 0.887. The van der Waals surface area contributed by atoms with Gasteiger partial charge in [-0.2, -0.15) is 0 Å². The number of carbonyl (C=O) groups is 2. The molecule has 0 radical (unpaired) electrons. The first-order valence-electron chi connectivity index (χ1n) is 6.49. The number of carboxylic acids is 1. The Morgan fingerprint density at radius 2 is 2.20 bits per heavy atom. The second kappa shape index (κ2) is 6.65. The maximum atomic E-state index is 12.0. The van der Waals surface area contributed by atoms with Crippen molar-refractivity contribution in [2.45, 2.75) is 19.4 Å². The fraction of sp³-hybridized carbons (Fsp3) is 0.429. The van der Waals surface area contributed by atoms with Gasteiger partial charge in [0.25, 0.3) is 0 Å². The van der Waals surface area contributed by atoms with E-state index in [-0.39, 0.29) is 6.03 Å². The van der Waals surface area contributed by atoms with Crippen molar-refractivity contribution < 1.29 is 14.7 Å². The van der Waals surface area contributed by atoms with Crippen molar-refractivity contribution in [1.82, 2.24) is 10.2 Å². The minimum absolute atomic E-state index is 0.295. The number of carbonyl (C=O) groups excluding carboxylic acids is 1. The summed E-state index contributed by atoms with van der Waals surface area (Å²) in [6.07, 6.45) is 0.747. The molecule has 1 aliphatic heterocycles. The zero-order chi connectivity index (χ0) is 14.5. The van der Waals surface area contributed by atoms with E-state index >= 15 is 0 Å². The first-order chi connectivity index (χ1) is 9.59. The average molecular weight is 294 g/mol. The number of aryl methyl sites for hydroxylation is 1. The van der Waals surface area contributed by atoms with Crippen molar-refractivity contribution in [3.05, 3.63) is 35.4 Å². The molecule has 2 N–H and O–H groups in total. The Bertz CT molecular complexity index is 507. The first-order valence-corrected chi connectivity index (χ1v) is 7.64. The van der Waals surface area contributed by atoms with Crippen molar-refractivity contribution in [2.24, 2.45) is 0 Å². The van der Waals surface area contributed by atoms with Crippen LogP contribution in [0.3, 0.4) is 0 Å². The molecule has 1 aromatic rings. The van der Waals surface area contributed by atoms with E-state index in [0.29, 0.717) is 18.2 Å². The smallest absolute Gasteiger partial charge is 0.327 e. The highest BCUT2D eigenvalue weighted by molar-refractivity contribution is 7.99. The molecule has 1 aromatic carbocycles. The molecule has 108 valence electrons. The molecule has 6 heteroatoms. The maximum Gasteiger partial charge on any atom is 0.327 e. The Labute approximate surface area is 122 Å². The van der Waals surface area contributed by atoms with Crippen molar-refractivity contribution in [1.29, 1.82) is 0 Å². The van der Waals surface area contributed by atoms with Crippen molar-refractivity contribution >= 4 is 23.8 Å². The van der Waals surface area contributed by atoms with E-state index in [2.05, 4.69) is 5.32 Å². The van der Waals surface area contributed by atoms with Gasteiger partial charge in [-0.05, 0) is 24.5 Å². The molecule has 1 aliphatic rings. The number of hydrogen-bond acceptors (Lipinski definition) is 3. The minimum atomic E-state index is -0.941. The van der Waals surface area contributed by atoms with E-state index in [4.69, 9.17) is 5.11 Å². The normalized spacial score (nSPS) is 18.1. The number of thioether (sulfide) groups is 1. The highest BCUT2D eigenvalue weighted by atomic mass is 32.2. The van der Waals surface area contributed by atoms with Gasteiger partial charge in [-0.25, -0.2) is 9.59 Å². The summed E-state index contributed by atoms with van der Waals surface area (Å²) in [6.45, 7) is 2.55. The molecule has 2 amide bonds. The Morgan fingerprint density at radius 3 is 2.90 bits per heavy atom. The Balaban J connectivity index is 1.84. The predicted molar refractivity (Wildman–Crippen MR) is 78.9 cm³/mol. The molecule has 1 fully saturated rings. The van der Waals surface area contributed by atoms with Crippen LogP contribution in [0.25, 0.3) is 0 Å². The first kappa shape index (κ1) is 14.7. The summed E-state index contributed by atoms with van der Waals surface area (Å²) in [5.74, 6) is -0.0442. The number of rotatable bonds is 4. The number of amides is 2. The number of carboxylic acid groups (broad SMARTS) is 1. The van der Waals surface area contributed by atoms with Crippen molar-refractivity contribution in [2.75, 3.05) is 18.2 Å². The summed E-state index contributed by atoms with van der Waals surface area (Å²) < 4.78 is 0. The van der Waals surface area contributed by atoms with Crippen molar-refractivity contribution in [3.63, 3.8) is 0 Å². The maximum absolute atomic E-state index is 12.0. The van der Waals surface area contributed by atoms with Crippen LogP contribution in [0.15, 0.2) is 24.3 Å². The number of nitrogens with one attached hydrogen (secondary N) is 1. The van der Waals surface area contributed by atoms with E-state index in [0.717, 1.165) is 6.42 Å². The van der Waals surface area contributed by atoms with Crippen LogP contribution in [-0.2, 0) is 11.2 Å². The molecule has 0 spiro atoms. The van der Waals surface area contributed by atoms with Gasteiger partial charge < -0.3 is 15.3 Å². The van der Waals surface area contributed by atoms with Gasteiger partial charge >= 0.3 is 12.0 Å². The summed E-state index contributed by atoms with van der Waals surface area (Å²) in [5.41, 5.74) is 2.39. The lowest BCUT2D eigenvalue weighted by Crippen LogP contribution is -2.47. The number of nitrogens with zero attached hydrogens (tertiary/aromatic N) is 1. The fourth-order valence-corrected chi connectivity index (χ4v) is 3.29. The second-order valence-electron chi connectivity index (χ2n) is 4.73. The lowest BCUT2D eigenvalue weighted by molar-refractivity contribution is -0.140. The van der Waals surface area contributed by atoms with Gasteiger partial charge in [-0.3, -0.25) is 0 Å². The highest BCUT2D eigenvalue weighted by Crippen LogP contribution is 2.20. The topological polar surface area (TPSA) is 69.6 Å². The average Bonchev–Trinajstić information content (AvgIpc) is 2.90. The molecule has 20 heavy (non-hydrogen) atoms. The molecule has 2 rings (SSSR count). The molecule has 0 bridgehead atoms. The summed E-state index contributed by atoms with van der Waals surface area (Å²) in [5, 5.41) is 11.8. The number of hydrogen-bond donors (Lipinski definition) is 2. The molecule has 5 nitrogen and oxygen atoms in total. The van der Waals surface area contributed by atoms with Crippen LogP contribution < -0.4 is 5.32 Å². The lowest BCUT2D eigenvalue weighted by Gasteiger charge is -2.21. The van der Waals surface area contributed by atoms with Crippen LogP contribution in [0.1, 0.15) is 11.1 Å². The summed E-state index contributed by atoms with van der Waals surface area (Å²) in [7, 11) is 0.